The predicted octanol–water partition coefficient (Wildman–Crippen LogP) is 4.55. The van der Waals surface area contributed by atoms with Gasteiger partial charge in [-0.15, -0.1) is 0 Å². The average molecular weight is 236 g/mol. The Balaban J connectivity index is 1.94. The topological polar surface area (TPSA) is 26.3 Å². The molecule has 2 nitrogen and oxygen atoms in total. The van der Waals surface area contributed by atoms with Gasteiger partial charge in [0.25, 0.3) is 0 Å². The van der Waals surface area contributed by atoms with Crippen LogP contribution in [0, 0.1) is 5.92 Å². The van der Waals surface area contributed by atoms with Gasteiger partial charge in [-0.3, -0.25) is 4.57 Å². The Morgan fingerprint density at radius 1 is 1.27 bits per heavy atom. The summed E-state index contributed by atoms with van der Waals surface area (Å²) in [5, 5.41) is 0. The summed E-state index contributed by atoms with van der Waals surface area (Å²) in [7, 11) is -3.74. The molecule has 1 rings (SSSR count). The van der Waals surface area contributed by atoms with Crippen molar-refractivity contribution in [1.29, 1.82) is 0 Å². The minimum Gasteiger partial charge on any atom is -0.306 e. The second-order valence-electron chi connectivity index (χ2n) is 4.58. The molecule has 1 atom stereocenters. The van der Waals surface area contributed by atoms with Gasteiger partial charge in [-0.05, 0) is 12.3 Å². The van der Waals surface area contributed by atoms with Crippen LogP contribution in [0.2, 0.25) is 0 Å². The quantitative estimate of drug-likeness (QED) is 0.499. The summed E-state index contributed by atoms with van der Waals surface area (Å²) in [5.74, 6) is 0.873. The second kappa shape index (κ2) is 6.65. The van der Waals surface area contributed by atoms with Crippen molar-refractivity contribution in [3.63, 3.8) is 0 Å². The maximum atomic E-state index is 12.5. The first-order chi connectivity index (χ1) is 7.08. The van der Waals surface area contributed by atoms with Crippen LogP contribution in [0.5, 0.6) is 0 Å². The van der Waals surface area contributed by atoms with Crippen molar-refractivity contribution >= 4 is 7.68 Å². The van der Waals surface area contributed by atoms with E-state index in [-0.39, 0.29) is 0 Å². The molecule has 0 bridgehead atoms. The van der Waals surface area contributed by atoms with Crippen molar-refractivity contribution in [2.75, 3.05) is 13.3 Å². The number of halogens is 1. The first kappa shape index (κ1) is 13.2. The highest BCUT2D eigenvalue weighted by atomic mass is 31.2. The largest absolute Gasteiger partial charge is 0.364 e. The molecule has 0 aromatic carbocycles. The van der Waals surface area contributed by atoms with Crippen molar-refractivity contribution in [2.24, 2.45) is 5.92 Å². The Bertz CT molecular complexity index is 209. The summed E-state index contributed by atoms with van der Waals surface area (Å²) in [5.41, 5.74) is 0. The lowest BCUT2D eigenvalue weighted by molar-refractivity contribution is 0.269. The van der Waals surface area contributed by atoms with Gasteiger partial charge in [-0.25, -0.2) is 0 Å². The zero-order chi connectivity index (χ0) is 11.1. The van der Waals surface area contributed by atoms with Crippen molar-refractivity contribution in [3.8, 4) is 0 Å². The van der Waals surface area contributed by atoms with Gasteiger partial charge in [0.05, 0.1) is 6.61 Å². The van der Waals surface area contributed by atoms with Gasteiger partial charge in [0.15, 0.2) is 0 Å². The van der Waals surface area contributed by atoms with E-state index in [1.807, 2.05) is 0 Å². The van der Waals surface area contributed by atoms with Crippen LogP contribution in [-0.4, -0.2) is 13.3 Å². The lowest BCUT2D eigenvalue weighted by Crippen LogP contribution is -2.06. The molecule has 0 aliphatic heterocycles. The van der Waals surface area contributed by atoms with Crippen LogP contribution in [0.3, 0.4) is 0 Å². The summed E-state index contributed by atoms with van der Waals surface area (Å²) < 4.78 is 27.7. The lowest BCUT2D eigenvalue weighted by Gasteiger charge is -2.21. The third kappa shape index (κ3) is 7.08. The fourth-order valence-corrected chi connectivity index (χ4v) is 2.69. The van der Waals surface area contributed by atoms with Crippen LogP contribution in [-0.2, 0) is 9.09 Å². The second-order valence-corrected chi connectivity index (χ2v) is 6.33. The molecule has 1 unspecified atom stereocenters. The summed E-state index contributed by atoms with van der Waals surface area (Å²) in [6.07, 6.45) is 9.98. The number of rotatable bonds is 6. The van der Waals surface area contributed by atoms with Gasteiger partial charge in [0, 0.05) is 6.66 Å². The fourth-order valence-electron chi connectivity index (χ4n) is 2.24. The van der Waals surface area contributed by atoms with E-state index < -0.39 is 7.68 Å². The molecular weight excluding hydrogens is 214 g/mol. The molecule has 0 aromatic heterocycles. The molecule has 0 amide bonds. The van der Waals surface area contributed by atoms with Gasteiger partial charge >= 0.3 is 7.68 Å². The third-order valence-corrected chi connectivity index (χ3v) is 3.70. The molecular formula is C11H22FO2P. The molecule has 15 heavy (non-hydrogen) atoms. The molecule has 0 aromatic rings. The van der Waals surface area contributed by atoms with E-state index in [4.69, 9.17) is 0 Å². The highest BCUT2D eigenvalue weighted by Gasteiger charge is 2.14. The Morgan fingerprint density at radius 2 is 1.93 bits per heavy atom. The standard InChI is InChI=1S/C11H22FO2P/c1-15(12,13)14-10-6-5-9-11-7-3-2-4-8-11/h11H,2-10H2,1H3. The van der Waals surface area contributed by atoms with E-state index in [2.05, 4.69) is 4.52 Å². The first-order valence-corrected chi connectivity index (χ1v) is 7.96. The van der Waals surface area contributed by atoms with Crippen LogP contribution in [0.15, 0.2) is 0 Å². The van der Waals surface area contributed by atoms with E-state index in [1.165, 1.54) is 38.5 Å². The number of unbranched alkanes of at least 4 members (excludes halogenated alkanes) is 1. The molecule has 0 N–H and O–H groups in total. The minimum atomic E-state index is -3.74. The molecule has 1 aliphatic carbocycles. The SMILES string of the molecule is CP(=O)(F)OCCCCC1CCCCC1. The van der Waals surface area contributed by atoms with Crippen LogP contribution in [0.1, 0.15) is 51.4 Å². The molecule has 90 valence electrons. The summed E-state index contributed by atoms with van der Waals surface area (Å²) in [6, 6.07) is 0. The third-order valence-electron chi connectivity index (χ3n) is 3.05. The fraction of sp³-hybridized carbons (Fsp3) is 1.00. The van der Waals surface area contributed by atoms with Crippen LogP contribution >= 0.6 is 7.68 Å². The smallest absolute Gasteiger partial charge is 0.306 e. The number of hydrogen-bond acceptors (Lipinski definition) is 2. The highest BCUT2D eigenvalue weighted by Crippen LogP contribution is 2.44. The first-order valence-electron chi connectivity index (χ1n) is 5.99. The van der Waals surface area contributed by atoms with Crippen molar-refractivity contribution < 1.29 is 13.3 Å². The van der Waals surface area contributed by atoms with Crippen LogP contribution < -0.4 is 0 Å². The Morgan fingerprint density at radius 3 is 2.53 bits per heavy atom. The summed E-state index contributed by atoms with van der Waals surface area (Å²) in [6.45, 7) is 1.32. The zero-order valence-corrected chi connectivity index (χ0v) is 10.5. The normalized spacial score (nSPS) is 22.5. The van der Waals surface area contributed by atoms with E-state index in [9.17, 15) is 8.76 Å². The summed E-state index contributed by atoms with van der Waals surface area (Å²) in [4.78, 5) is 0. The van der Waals surface area contributed by atoms with Gasteiger partial charge in [-0.1, -0.05) is 44.9 Å². The predicted molar refractivity (Wildman–Crippen MR) is 61.0 cm³/mol. The van der Waals surface area contributed by atoms with Crippen LogP contribution in [0.4, 0.5) is 4.20 Å². The molecule has 1 aliphatic rings. The van der Waals surface area contributed by atoms with Gasteiger partial charge in [-0.2, -0.15) is 4.20 Å². The maximum Gasteiger partial charge on any atom is 0.364 e. The molecule has 0 radical (unpaired) electrons. The molecule has 0 heterocycles. The van der Waals surface area contributed by atoms with E-state index >= 15 is 0 Å². The monoisotopic (exact) mass is 236 g/mol. The zero-order valence-electron chi connectivity index (χ0n) is 9.58. The molecule has 1 saturated carbocycles. The Kier molecular flexibility index (Phi) is 5.84. The van der Waals surface area contributed by atoms with E-state index in [1.54, 1.807) is 0 Å². The van der Waals surface area contributed by atoms with Crippen molar-refractivity contribution in [3.05, 3.63) is 0 Å². The van der Waals surface area contributed by atoms with Crippen molar-refractivity contribution in [2.45, 2.75) is 51.4 Å². The van der Waals surface area contributed by atoms with E-state index in [0.717, 1.165) is 25.4 Å². The van der Waals surface area contributed by atoms with Crippen molar-refractivity contribution in [1.82, 2.24) is 0 Å². The van der Waals surface area contributed by atoms with Crippen LogP contribution in [0.25, 0.3) is 0 Å². The minimum absolute atomic E-state index is 0.303. The number of hydrogen-bond donors (Lipinski definition) is 0. The molecule has 1 fully saturated rings. The Labute approximate surface area is 92.2 Å². The molecule has 4 heteroatoms. The molecule has 0 saturated heterocycles. The molecule has 0 spiro atoms. The van der Waals surface area contributed by atoms with E-state index in [0.29, 0.717) is 6.61 Å². The maximum absolute atomic E-state index is 12.5. The van der Waals surface area contributed by atoms with Gasteiger partial charge < -0.3 is 4.52 Å². The highest BCUT2D eigenvalue weighted by molar-refractivity contribution is 7.52. The average Bonchev–Trinajstić information content (AvgIpc) is 2.17. The van der Waals surface area contributed by atoms with Gasteiger partial charge in [0.1, 0.15) is 0 Å². The lowest BCUT2D eigenvalue weighted by atomic mass is 9.86. The Hall–Kier alpha value is 0.120. The van der Waals surface area contributed by atoms with Gasteiger partial charge in [0.2, 0.25) is 0 Å². The summed E-state index contributed by atoms with van der Waals surface area (Å²) >= 11 is 0.